The lowest BCUT2D eigenvalue weighted by molar-refractivity contribution is -0.141. The van der Waals surface area contributed by atoms with Gasteiger partial charge in [0.05, 0.1) is 11.8 Å². The second-order valence-electron chi connectivity index (χ2n) is 4.88. The van der Waals surface area contributed by atoms with Gasteiger partial charge in [-0.3, -0.25) is 9.59 Å². The van der Waals surface area contributed by atoms with Gasteiger partial charge in [0.1, 0.15) is 0 Å². The van der Waals surface area contributed by atoms with Crippen LogP contribution in [0.3, 0.4) is 0 Å². The predicted octanol–water partition coefficient (Wildman–Crippen LogP) is 2.38. The molecule has 1 aromatic rings. The molecule has 2 unspecified atom stereocenters. The largest absolute Gasteiger partial charge is 0.481 e. The molecule has 0 aromatic heterocycles. The normalized spacial score (nSPS) is 20.3. The summed E-state index contributed by atoms with van der Waals surface area (Å²) in [6.45, 7) is 2.64. The second-order valence-corrected chi connectivity index (χ2v) is 5.32. The minimum absolute atomic E-state index is 0.0361. The minimum atomic E-state index is -0.828. The van der Waals surface area contributed by atoms with Crippen molar-refractivity contribution in [2.45, 2.75) is 19.3 Å². The van der Waals surface area contributed by atoms with E-state index in [0.717, 1.165) is 5.56 Å². The van der Waals surface area contributed by atoms with Crippen LogP contribution in [0.25, 0.3) is 0 Å². The third-order valence-electron chi connectivity index (χ3n) is 3.57. The third kappa shape index (κ3) is 3.07. The molecule has 2 atom stereocenters. The van der Waals surface area contributed by atoms with Crippen LogP contribution < -0.4 is 0 Å². The number of carboxylic acid groups (broad SMARTS) is 1. The van der Waals surface area contributed by atoms with E-state index in [9.17, 15) is 9.59 Å². The van der Waals surface area contributed by atoms with Crippen molar-refractivity contribution in [3.8, 4) is 0 Å². The van der Waals surface area contributed by atoms with Gasteiger partial charge in [-0.15, -0.1) is 0 Å². The molecule has 0 saturated carbocycles. The molecule has 0 radical (unpaired) electrons. The minimum Gasteiger partial charge on any atom is -0.481 e. The van der Waals surface area contributed by atoms with Crippen molar-refractivity contribution in [2.75, 3.05) is 13.1 Å². The highest BCUT2D eigenvalue weighted by atomic mass is 35.5. The zero-order chi connectivity index (χ0) is 14.0. The zero-order valence-corrected chi connectivity index (χ0v) is 11.4. The van der Waals surface area contributed by atoms with E-state index in [-0.39, 0.29) is 11.8 Å². The first-order chi connectivity index (χ1) is 8.99. The molecule has 1 saturated heterocycles. The molecular weight excluding hydrogens is 266 g/mol. The first kappa shape index (κ1) is 13.9. The number of carbonyl (C=O) groups excluding carboxylic acids is 1. The molecular formula is C14H16ClNO3. The molecule has 1 aliphatic rings. The number of hydrogen-bond acceptors (Lipinski definition) is 2. The van der Waals surface area contributed by atoms with Gasteiger partial charge >= 0.3 is 5.97 Å². The molecule has 1 heterocycles. The summed E-state index contributed by atoms with van der Waals surface area (Å²) in [7, 11) is 0. The zero-order valence-electron chi connectivity index (χ0n) is 10.7. The molecule has 1 aliphatic heterocycles. The van der Waals surface area contributed by atoms with Crippen LogP contribution in [0.15, 0.2) is 24.3 Å². The molecule has 1 amide bonds. The van der Waals surface area contributed by atoms with E-state index in [1.807, 2.05) is 19.1 Å². The maximum atomic E-state index is 12.3. The van der Waals surface area contributed by atoms with Crippen molar-refractivity contribution in [1.29, 1.82) is 0 Å². The number of carboxylic acids is 1. The molecule has 1 fully saturated rings. The number of likely N-dealkylation sites (tertiary alicyclic amines) is 1. The summed E-state index contributed by atoms with van der Waals surface area (Å²) in [5, 5.41) is 9.55. The lowest BCUT2D eigenvalue weighted by Crippen LogP contribution is -2.33. The molecule has 0 aliphatic carbocycles. The fourth-order valence-corrected chi connectivity index (χ4v) is 2.55. The summed E-state index contributed by atoms with van der Waals surface area (Å²) >= 11 is 5.92. The molecule has 0 bridgehead atoms. The highest BCUT2D eigenvalue weighted by Gasteiger charge is 2.33. The Morgan fingerprint density at radius 3 is 2.79 bits per heavy atom. The van der Waals surface area contributed by atoms with Crippen molar-refractivity contribution in [1.82, 2.24) is 4.90 Å². The molecule has 2 rings (SSSR count). The van der Waals surface area contributed by atoms with E-state index in [1.165, 1.54) is 0 Å². The van der Waals surface area contributed by atoms with Crippen LogP contribution in [0, 0.1) is 5.92 Å². The Kier molecular flexibility index (Phi) is 4.10. The molecule has 4 nitrogen and oxygen atoms in total. The van der Waals surface area contributed by atoms with E-state index >= 15 is 0 Å². The van der Waals surface area contributed by atoms with Gasteiger partial charge in [0, 0.05) is 18.1 Å². The SMILES string of the molecule is CC(C(=O)N1CCC(C(=O)O)C1)c1cccc(Cl)c1. The Balaban J connectivity index is 2.06. The average molecular weight is 282 g/mol. The second kappa shape index (κ2) is 5.61. The Morgan fingerprint density at radius 1 is 1.47 bits per heavy atom. The predicted molar refractivity (Wildman–Crippen MR) is 72.2 cm³/mol. The summed E-state index contributed by atoms with van der Waals surface area (Å²) in [6.07, 6.45) is 0.531. The fourth-order valence-electron chi connectivity index (χ4n) is 2.35. The smallest absolute Gasteiger partial charge is 0.308 e. The average Bonchev–Trinajstić information content (AvgIpc) is 2.86. The Bertz CT molecular complexity index is 503. The van der Waals surface area contributed by atoms with Crippen LogP contribution in [0.1, 0.15) is 24.8 Å². The standard InChI is InChI=1S/C14H16ClNO3/c1-9(10-3-2-4-12(15)7-10)13(17)16-6-5-11(8-16)14(18)19/h2-4,7,9,11H,5-6,8H2,1H3,(H,18,19). The van der Waals surface area contributed by atoms with Gasteiger partial charge in [0.2, 0.25) is 5.91 Å². The number of halogens is 1. The van der Waals surface area contributed by atoms with Crippen molar-refractivity contribution in [3.63, 3.8) is 0 Å². The van der Waals surface area contributed by atoms with Gasteiger partial charge in [-0.1, -0.05) is 23.7 Å². The highest BCUT2D eigenvalue weighted by molar-refractivity contribution is 6.30. The van der Waals surface area contributed by atoms with Gasteiger partial charge in [-0.05, 0) is 31.0 Å². The van der Waals surface area contributed by atoms with Crippen molar-refractivity contribution in [2.24, 2.45) is 5.92 Å². The van der Waals surface area contributed by atoms with Crippen molar-refractivity contribution >= 4 is 23.5 Å². The number of rotatable bonds is 3. The number of carbonyl (C=O) groups is 2. The van der Waals surface area contributed by atoms with Gasteiger partial charge in [-0.25, -0.2) is 0 Å². The summed E-state index contributed by atoms with van der Waals surface area (Å²) in [5.41, 5.74) is 0.858. The van der Waals surface area contributed by atoms with Crippen LogP contribution >= 0.6 is 11.6 Å². The molecule has 1 aromatic carbocycles. The number of hydrogen-bond donors (Lipinski definition) is 1. The van der Waals surface area contributed by atoms with Gasteiger partial charge < -0.3 is 10.0 Å². The van der Waals surface area contributed by atoms with Gasteiger partial charge in [-0.2, -0.15) is 0 Å². The highest BCUT2D eigenvalue weighted by Crippen LogP contribution is 2.25. The number of benzene rings is 1. The van der Waals surface area contributed by atoms with Crippen LogP contribution in [-0.2, 0) is 9.59 Å². The lowest BCUT2D eigenvalue weighted by Gasteiger charge is -2.21. The maximum Gasteiger partial charge on any atom is 0.308 e. The topological polar surface area (TPSA) is 57.6 Å². The third-order valence-corrected chi connectivity index (χ3v) is 3.80. The van der Waals surface area contributed by atoms with E-state index in [1.54, 1.807) is 17.0 Å². The number of amides is 1. The van der Waals surface area contributed by atoms with E-state index in [4.69, 9.17) is 16.7 Å². The summed E-state index contributed by atoms with van der Waals surface area (Å²) in [5.74, 6) is -1.60. The van der Waals surface area contributed by atoms with Crippen molar-refractivity contribution in [3.05, 3.63) is 34.9 Å². The first-order valence-electron chi connectivity index (χ1n) is 6.26. The lowest BCUT2D eigenvalue weighted by atomic mass is 10.00. The van der Waals surface area contributed by atoms with Crippen LogP contribution in [0.5, 0.6) is 0 Å². The van der Waals surface area contributed by atoms with E-state index in [2.05, 4.69) is 0 Å². The van der Waals surface area contributed by atoms with Crippen LogP contribution in [0.2, 0.25) is 5.02 Å². The fraction of sp³-hybridized carbons (Fsp3) is 0.429. The number of nitrogens with zero attached hydrogens (tertiary/aromatic N) is 1. The van der Waals surface area contributed by atoms with Crippen LogP contribution in [0.4, 0.5) is 0 Å². The molecule has 5 heteroatoms. The van der Waals surface area contributed by atoms with E-state index < -0.39 is 11.9 Å². The molecule has 19 heavy (non-hydrogen) atoms. The summed E-state index contributed by atoms with van der Waals surface area (Å²) < 4.78 is 0. The summed E-state index contributed by atoms with van der Waals surface area (Å²) in [4.78, 5) is 24.8. The Morgan fingerprint density at radius 2 is 2.21 bits per heavy atom. The Hall–Kier alpha value is -1.55. The van der Waals surface area contributed by atoms with Crippen LogP contribution in [-0.4, -0.2) is 35.0 Å². The van der Waals surface area contributed by atoms with Gasteiger partial charge in [0.25, 0.3) is 0 Å². The quantitative estimate of drug-likeness (QED) is 0.925. The molecule has 0 spiro atoms. The maximum absolute atomic E-state index is 12.3. The monoisotopic (exact) mass is 281 g/mol. The number of aliphatic carboxylic acids is 1. The van der Waals surface area contributed by atoms with Gasteiger partial charge in [0.15, 0.2) is 0 Å². The first-order valence-corrected chi connectivity index (χ1v) is 6.64. The summed E-state index contributed by atoms with van der Waals surface area (Å²) in [6, 6.07) is 7.21. The molecule has 102 valence electrons. The molecule has 1 N–H and O–H groups in total. The Labute approximate surface area is 117 Å². The van der Waals surface area contributed by atoms with Crippen molar-refractivity contribution < 1.29 is 14.7 Å². The van der Waals surface area contributed by atoms with E-state index in [0.29, 0.717) is 24.5 Å².